The lowest BCUT2D eigenvalue weighted by Gasteiger charge is -2.19. The van der Waals surface area contributed by atoms with Gasteiger partial charge < -0.3 is 24.4 Å². The van der Waals surface area contributed by atoms with Gasteiger partial charge in [-0.05, 0) is 19.1 Å². The topological polar surface area (TPSA) is 85.8 Å². The molecule has 1 aromatic carbocycles. The molecule has 1 fully saturated rings. The smallest absolute Gasteiger partial charge is 0.322 e. The summed E-state index contributed by atoms with van der Waals surface area (Å²) in [6.07, 6.45) is 0.611. The van der Waals surface area contributed by atoms with Crippen LogP contribution in [0, 0.1) is 0 Å². The quantitative estimate of drug-likeness (QED) is 0.854. The molecule has 1 aliphatic rings. The maximum absolute atomic E-state index is 12.5. The van der Waals surface area contributed by atoms with Crippen LogP contribution >= 0.6 is 0 Å². The number of ether oxygens (including phenoxy) is 3. The van der Waals surface area contributed by atoms with E-state index in [4.69, 9.17) is 14.2 Å². The Labute approximate surface area is 152 Å². The van der Waals surface area contributed by atoms with Crippen LogP contribution in [0.1, 0.15) is 13.3 Å². The van der Waals surface area contributed by atoms with E-state index in [0.717, 1.165) is 6.42 Å². The molecule has 2 heterocycles. The first-order valence-corrected chi connectivity index (χ1v) is 8.51. The van der Waals surface area contributed by atoms with E-state index >= 15 is 0 Å². The third-order valence-corrected chi connectivity index (χ3v) is 3.97. The second-order valence-corrected chi connectivity index (χ2v) is 5.75. The molecule has 0 spiro atoms. The highest BCUT2D eigenvalue weighted by atomic mass is 16.5. The molecule has 1 saturated heterocycles. The van der Waals surface area contributed by atoms with Gasteiger partial charge in [-0.1, -0.05) is 12.1 Å². The Morgan fingerprint density at radius 1 is 1.23 bits per heavy atom. The summed E-state index contributed by atoms with van der Waals surface area (Å²) in [7, 11) is 1.53. The van der Waals surface area contributed by atoms with Crippen LogP contribution in [0.5, 0.6) is 17.5 Å². The molecule has 0 saturated carbocycles. The van der Waals surface area contributed by atoms with Crippen molar-refractivity contribution in [2.45, 2.75) is 19.4 Å². The number of nitrogens with zero attached hydrogens (tertiary/aromatic N) is 3. The van der Waals surface area contributed by atoms with Crippen LogP contribution in [0.15, 0.2) is 36.4 Å². The third-order valence-electron chi connectivity index (χ3n) is 3.97. The molecule has 3 rings (SSSR count). The van der Waals surface area contributed by atoms with Crippen molar-refractivity contribution in [1.29, 1.82) is 0 Å². The van der Waals surface area contributed by atoms with Crippen LogP contribution in [0.25, 0.3) is 0 Å². The number of aromatic nitrogens is 2. The van der Waals surface area contributed by atoms with Gasteiger partial charge in [-0.25, -0.2) is 4.79 Å². The molecule has 0 aliphatic carbocycles. The van der Waals surface area contributed by atoms with Gasteiger partial charge in [0.1, 0.15) is 11.9 Å². The van der Waals surface area contributed by atoms with Crippen molar-refractivity contribution in [1.82, 2.24) is 15.1 Å². The van der Waals surface area contributed by atoms with E-state index < -0.39 is 0 Å². The van der Waals surface area contributed by atoms with E-state index in [9.17, 15) is 4.79 Å². The minimum Gasteiger partial charge on any atom is -0.492 e. The van der Waals surface area contributed by atoms with E-state index in [1.54, 1.807) is 17.0 Å². The van der Waals surface area contributed by atoms with Crippen molar-refractivity contribution in [2.75, 3.05) is 32.1 Å². The van der Waals surface area contributed by atoms with E-state index in [1.807, 2.05) is 31.2 Å². The van der Waals surface area contributed by atoms with Gasteiger partial charge in [0, 0.05) is 25.1 Å². The molecule has 0 bridgehead atoms. The monoisotopic (exact) mass is 358 g/mol. The summed E-state index contributed by atoms with van der Waals surface area (Å²) < 4.78 is 16.3. The molecular formula is C18H22N4O4. The van der Waals surface area contributed by atoms with Crippen LogP contribution < -0.4 is 19.5 Å². The average Bonchev–Trinajstić information content (AvgIpc) is 3.13. The molecule has 26 heavy (non-hydrogen) atoms. The lowest BCUT2D eigenvalue weighted by Crippen LogP contribution is -2.34. The number of benzene rings is 1. The van der Waals surface area contributed by atoms with Crippen LogP contribution in [0.4, 0.5) is 10.5 Å². The van der Waals surface area contributed by atoms with Gasteiger partial charge in [0.25, 0.3) is 0 Å². The van der Waals surface area contributed by atoms with Gasteiger partial charge in [0.15, 0.2) is 0 Å². The number of amides is 2. The summed E-state index contributed by atoms with van der Waals surface area (Å²) in [6, 6.07) is 10.6. The van der Waals surface area contributed by atoms with E-state index in [-0.39, 0.29) is 12.1 Å². The Morgan fingerprint density at radius 3 is 2.73 bits per heavy atom. The Morgan fingerprint density at radius 2 is 2.00 bits per heavy atom. The van der Waals surface area contributed by atoms with Gasteiger partial charge in [0.05, 0.1) is 25.9 Å². The molecule has 0 radical (unpaired) electrons. The first kappa shape index (κ1) is 17.8. The van der Waals surface area contributed by atoms with Crippen molar-refractivity contribution < 1.29 is 19.0 Å². The molecule has 1 aliphatic heterocycles. The van der Waals surface area contributed by atoms with E-state index in [1.165, 1.54) is 7.11 Å². The number of methoxy groups -OCH3 is 1. The summed E-state index contributed by atoms with van der Waals surface area (Å²) in [5.41, 5.74) is 0.657. The maximum atomic E-state index is 12.5. The lowest BCUT2D eigenvalue weighted by atomic mass is 10.3. The molecule has 8 heteroatoms. The van der Waals surface area contributed by atoms with Crippen LogP contribution in [0.3, 0.4) is 0 Å². The summed E-state index contributed by atoms with van der Waals surface area (Å²) in [5.74, 6) is 1.50. The molecule has 8 nitrogen and oxygen atoms in total. The number of hydrogen-bond donors (Lipinski definition) is 1. The first-order valence-electron chi connectivity index (χ1n) is 8.51. The molecule has 2 amide bonds. The predicted molar refractivity (Wildman–Crippen MR) is 95.8 cm³/mol. The fraction of sp³-hybridized carbons (Fsp3) is 0.389. The lowest BCUT2D eigenvalue weighted by molar-refractivity contribution is 0.188. The van der Waals surface area contributed by atoms with Crippen LogP contribution in [0.2, 0.25) is 0 Å². The highest BCUT2D eigenvalue weighted by molar-refractivity contribution is 5.91. The van der Waals surface area contributed by atoms with Gasteiger partial charge in [-0.2, -0.15) is 0 Å². The normalized spacial score (nSPS) is 16.2. The third kappa shape index (κ3) is 4.33. The van der Waals surface area contributed by atoms with Crippen molar-refractivity contribution >= 4 is 11.7 Å². The number of likely N-dealkylation sites (tertiary alicyclic amines) is 1. The van der Waals surface area contributed by atoms with E-state index in [0.29, 0.717) is 42.9 Å². The number of nitrogens with one attached hydrogen (secondary N) is 1. The standard InChI is InChI=1S/C18H22N4O4/c1-3-25-15-7-5-4-6-14(15)19-18(23)22-11-10-13(12-22)26-17-9-8-16(24-2)20-21-17/h4-9,13H,3,10-12H2,1-2H3,(H,19,23). The maximum Gasteiger partial charge on any atom is 0.322 e. The number of urea groups is 1. The zero-order valence-electron chi connectivity index (χ0n) is 14.8. The van der Waals surface area contributed by atoms with E-state index in [2.05, 4.69) is 15.5 Å². The van der Waals surface area contributed by atoms with Crippen molar-refractivity contribution in [3.05, 3.63) is 36.4 Å². The van der Waals surface area contributed by atoms with Crippen LogP contribution in [-0.2, 0) is 0 Å². The summed E-state index contributed by atoms with van der Waals surface area (Å²) in [6.45, 7) is 3.53. The molecule has 2 aromatic rings. The Bertz CT molecular complexity index is 738. The SMILES string of the molecule is CCOc1ccccc1NC(=O)N1CCC(Oc2ccc(OC)nn2)C1. The number of para-hydroxylation sites is 2. The van der Waals surface area contributed by atoms with Gasteiger partial charge in [-0.3, -0.25) is 0 Å². The second-order valence-electron chi connectivity index (χ2n) is 5.75. The van der Waals surface area contributed by atoms with Crippen molar-refractivity contribution in [3.8, 4) is 17.5 Å². The summed E-state index contributed by atoms with van der Waals surface area (Å²) >= 11 is 0. The first-order chi connectivity index (χ1) is 12.7. The Balaban J connectivity index is 1.55. The zero-order valence-corrected chi connectivity index (χ0v) is 14.8. The van der Waals surface area contributed by atoms with Gasteiger partial charge >= 0.3 is 6.03 Å². The second kappa shape index (κ2) is 8.37. The zero-order chi connectivity index (χ0) is 18.4. The van der Waals surface area contributed by atoms with Crippen molar-refractivity contribution in [2.24, 2.45) is 0 Å². The average molecular weight is 358 g/mol. The largest absolute Gasteiger partial charge is 0.492 e. The summed E-state index contributed by atoms with van der Waals surface area (Å²) in [5, 5.41) is 10.7. The van der Waals surface area contributed by atoms with Crippen LogP contribution in [-0.4, -0.2) is 54.0 Å². The number of hydrogen-bond acceptors (Lipinski definition) is 6. The fourth-order valence-corrected chi connectivity index (χ4v) is 2.70. The molecular weight excluding hydrogens is 336 g/mol. The minimum absolute atomic E-state index is 0.120. The Kier molecular flexibility index (Phi) is 5.73. The molecule has 1 unspecified atom stereocenters. The highest BCUT2D eigenvalue weighted by Crippen LogP contribution is 2.25. The molecule has 1 N–H and O–H groups in total. The molecule has 138 valence electrons. The molecule has 1 aromatic heterocycles. The highest BCUT2D eigenvalue weighted by Gasteiger charge is 2.28. The predicted octanol–water partition coefficient (Wildman–Crippen LogP) is 2.57. The van der Waals surface area contributed by atoms with Gasteiger partial charge in [0.2, 0.25) is 11.8 Å². The van der Waals surface area contributed by atoms with Gasteiger partial charge in [-0.15, -0.1) is 10.2 Å². The Hall–Kier alpha value is -3.03. The number of carbonyl (C=O) groups is 1. The molecule has 1 atom stereocenters. The fourth-order valence-electron chi connectivity index (χ4n) is 2.70. The number of anilines is 1. The minimum atomic E-state index is -0.177. The van der Waals surface area contributed by atoms with Crippen molar-refractivity contribution in [3.63, 3.8) is 0 Å². The number of carbonyl (C=O) groups excluding carboxylic acids is 1. The summed E-state index contributed by atoms with van der Waals surface area (Å²) in [4.78, 5) is 14.2. The number of rotatable bonds is 6.